The fourth-order valence-electron chi connectivity index (χ4n) is 1.50. The fraction of sp³-hybridized carbons (Fsp3) is 0.0667. The van der Waals surface area contributed by atoms with E-state index in [-0.39, 0.29) is 5.56 Å². The van der Waals surface area contributed by atoms with E-state index in [1.807, 2.05) is 42.5 Å². The molecule has 0 bridgehead atoms. The molecule has 1 aromatic carbocycles. The van der Waals surface area contributed by atoms with Crippen LogP contribution in [0.2, 0.25) is 0 Å². The molecule has 0 amide bonds. The molecule has 1 aromatic heterocycles. The lowest BCUT2D eigenvalue weighted by Crippen LogP contribution is -2.00. The Bertz CT molecular complexity index is 579. The van der Waals surface area contributed by atoms with Crippen LogP contribution in [0.15, 0.2) is 54.7 Å². The van der Waals surface area contributed by atoms with Gasteiger partial charge < -0.3 is 9.84 Å². The minimum absolute atomic E-state index is 0.164. The van der Waals surface area contributed by atoms with Crippen molar-refractivity contribution in [2.24, 2.45) is 0 Å². The monoisotopic (exact) mass is 255 g/mol. The van der Waals surface area contributed by atoms with E-state index >= 15 is 0 Å². The second kappa shape index (κ2) is 6.35. The molecule has 0 saturated carbocycles. The van der Waals surface area contributed by atoms with E-state index in [1.54, 1.807) is 0 Å². The van der Waals surface area contributed by atoms with Crippen molar-refractivity contribution < 1.29 is 14.6 Å². The summed E-state index contributed by atoms with van der Waals surface area (Å²) in [5, 5.41) is 8.83. The molecule has 0 aliphatic carbocycles. The van der Waals surface area contributed by atoms with Gasteiger partial charge in [0.25, 0.3) is 0 Å². The van der Waals surface area contributed by atoms with Gasteiger partial charge in [0.15, 0.2) is 0 Å². The zero-order valence-electron chi connectivity index (χ0n) is 10.2. The van der Waals surface area contributed by atoms with Crippen molar-refractivity contribution in [3.05, 3.63) is 65.9 Å². The van der Waals surface area contributed by atoms with E-state index in [0.29, 0.717) is 12.5 Å². The van der Waals surface area contributed by atoms with Crippen LogP contribution in [0.3, 0.4) is 0 Å². The Balaban J connectivity index is 1.91. The smallest absolute Gasteiger partial charge is 0.335 e. The zero-order chi connectivity index (χ0) is 13.5. The largest absolute Gasteiger partial charge is 0.478 e. The summed E-state index contributed by atoms with van der Waals surface area (Å²) < 4.78 is 5.36. The van der Waals surface area contributed by atoms with Crippen LogP contribution >= 0.6 is 0 Å². The zero-order valence-corrected chi connectivity index (χ0v) is 10.2. The summed E-state index contributed by atoms with van der Waals surface area (Å²) in [6, 6.07) is 12.7. The van der Waals surface area contributed by atoms with Crippen molar-refractivity contribution >= 4 is 12.0 Å². The molecule has 0 fully saturated rings. The van der Waals surface area contributed by atoms with Crippen LogP contribution in [0.1, 0.15) is 15.9 Å². The van der Waals surface area contributed by atoms with Crippen molar-refractivity contribution in [3.63, 3.8) is 0 Å². The van der Waals surface area contributed by atoms with E-state index in [1.165, 1.54) is 18.3 Å². The first-order chi connectivity index (χ1) is 9.25. The lowest BCUT2D eigenvalue weighted by Gasteiger charge is -2.02. The molecule has 0 saturated heterocycles. The average Bonchev–Trinajstić information content (AvgIpc) is 2.45. The first-order valence-electron chi connectivity index (χ1n) is 5.79. The predicted molar refractivity (Wildman–Crippen MR) is 72.2 cm³/mol. The Morgan fingerprint density at radius 3 is 2.79 bits per heavy atom. The molecular weight excluding hydrogens is 242 g/mol. The SMILES string of the molecule is O=C(O)c1ccnc(OC/C=C/c2ccccc2)c1. The average molecular weight is 255 g/mol. The van der Waals surface area contributed by atoms with E-state index < -0.39 is 5.97 Å². The summed E-state index contributed by atoms with van der Waals surface area (Å²) in [6.45, 7) is 0.338. The molecule has 2 aromatic rings. The second-order valence-electron chi connectivity index (χ2n) is 3.81. The molecule has 2 rings (SSSR count). The first-order valence-corrected chi connectivity index (χ1v) is 5.79. The van der Waals surface area contributed by atoms with Gasteiger partial charge >= 0.3 is 5.97 Å². The maximum atomic E-state index is 10.8. The highest BCUT2D eigenvalue weighted by atomic mass is 16.5. The Hall–Kier alpha value is -2.62. The third kappa shape index (κ3) is 3.96. The summed E-state index contributed by atoms with van der Waals surface area (Å²) >= 11 is 0. The van der Waals surface area contributed by atoms with Crippen LogP contribution in [-0.4, -0.2) is 22.7 Å². The minimum atomic E-state index is -0.993. The van der Waals surface area contributed by atoms with Gasteiger partial charge in [-0.3, -0.25) is 0 Å². The predicted octanol–water partition coefficient (Wildman–Crippen LogP) is 2.87. The van der Waals surface area contributed by atoms with Gasteiger partial charge in [-0.1, -0.05) is 36.4 Å². The van der Waals surface area contributed by atoms with Gasteiger partial charge in [-0.2, -0.15) is 0 Å². The number of carbonyl (C=O) groups is 1. The van der Waals surface area contributed by atoms with Gasteiger partial charge in [0.2, 0.25) is 5.88 Å². The molecule has 0 spiro atoms. The van der Waals surface area contributed by atoms with E-state index in [9.17, 15) is 4.79 Å². The van der Waals surface area contributed by atoms with Crippen LogP contribution < -0.4 is 4.74 Å². The molecule has 1 heterocycles. The molecule has 1 N–H and O–H groups in total. The maximum Gasteiger partial charge on any atom is 0.335 e. The number of aromatic carboxylic acids is 1. The second-order valence-corrected chi connectivity index (χ2v) is 3.81. The number of pyridine rings is 1. The topological polar surface area (TPSA) is 59.4 Å². The molecule has 4 nitrogen and oxygen atoms in total. The molecule has 0 atom stereocenters. The van der Waals surface area contributed by atoms with Crippen LogP contribution in [0.25, 0.3) is 6.08 Å². The number of nitrogens with zero attached hydrogens (tertiary/aromatic N) is 1. The summed E-state index contributed by atoms with van der Waals surface area (Å²) in [4.78, 5) is 14.7. The van der Waals surface area contributed by atoms with E-state index in [0.717, 1.165) is 5.56 Å². The third-order valence-corrected chi connectivity index (χ3v) is 2.42. The number of rotatable bonds is 5. The highest BCUT2D eigenvalue weighted by Gasteiger charge is 2.03. The highest BCUT2D eigenvalue weighted by molar-refractivity contribution is 5.87. The number of hydrogen-bond donors (Lipinski definition) is 1. The van der Waals surface area contributed by atoms with Crippen molar-refractivity contribution in [1.82, 2.24) is 4.98 Å². The Morgan fingerprint density at radius 2 is 2.05 bits per heavy atom. The van der Waals surface area contributed by atoms with E-state index in [4.69, 9.17) is 9.84 Å². The lowest BCUT2D eigenvalue weighted by molar-refractivity contribution is 0.0696. The summed E-state index contributed by atoms with van der Waals surface area (Å²) in [5.74, 6) is -0.690. The summed E-state index contributed by atoms with van der Waals surface area (Å²) in [5.41, 5.74) is 1.25. The summed E-state index contributed by atoms with van der Waals surface area (Å²) in [6.07, 6.45) is 5.20. The van der Waals surface area contributed by atoms with Gasteiger partial charge in [-0.05, 0) is 17.7 Å². The van der Waals surface area contributed by atoms with Gasteiger partial charge in [0.05, 0.1) is 5.56 Å². The Kier molecular flexibility index (Phi) is 4.29. The molecule has 0 aliphatic rings. The quantitative estimate of drug-likeness (QED) is 0.892. The highest BCUT2D eigenvalue weighted by Crippen LogP contribution is 2.09. The molecule has 0 aliphatic heterocycles. The van der Waals surface area contributed by atoms with Crippen molar-refractivity contribution in [1.29, 1.82) is 0 Å². The number of carboxylic acids is 1. The molecular formula is C15H13NO3. The standard InChI is InChI=1S/C15H13NO3/c17-15(18)13-8-9-16-14(11-13)19-10-4-7-12-5-2-1-3-6-12/h1-9,11H,10H2,(H,17,18)/b7-4+. The molecule has 0 radical (unpaired) electrons. The van der Waals surface area contributed by atoms with Crippen LogP contribution in [-0.2, 0) is 0 Å². The van der Waals surface area contributed by atoms with Crippen molar-refractivity contribution in [2.45, 2.75) is 0 Å². The van der Waals surface area contributed by atoms with Gasteiger partial charge in [-0.25, -0.2) is 9.78 Å². The Labute approximate surface area is 111 Å². The molecule has 0 unspecified atom stereocenters. The van der Waals surface area contributed by atoms with Gasteiger partial charge in [-0.15, -0.1) is 0 Å². The minimum Gasteiger partial charge on any atom is -0.478 e. The fourth-order valence-corrected chi connectivity index (χ4v) is 1.50. The van der Waals surface area contributed by atoms with Crippen LogP contribution in [0.4, 0.5) is 0 Å². The normalized spacial score (nSPS) is 10.5. The molecule has 96 valence electrons. The van der Waals surface area contributed by atoms with Crippen LogP contribution in [0.5, 0.6) is 5.88 Å². The first kappa shape index (κ1) is 12.8. The van der Waals surface area contributed by atoms with Crippen molar-refractivity contribution in [3.8, 4) is 5.88 Å². The molecule has 4 heteroatoms. The maximum absolute atomic E-state index is 10.8. The lowest BCUT2D eigenvalue weighted by atomic mass is 10.2. The number of hydrogen-bond acceptors (Lipinski definition) is 3. The Morgan fingerprint density at radius 1 is 1.26 bits per heavy atom. The number of ether oxygens (including phenoxy) is 1. The third-order valence-electron chi connectivity index (χ3n) is 2.42. The molecule has 19 heavy (non-hydrogen) atoms. The van der Waals surface area contributed by atoms with Gasteiger partial charge in [0.1, 0.15) is 6.61 Å². The van der Waals surface area contributed by atoms with E-state index in [2.05, 4.69) is 4.98 Å². The summed E-state index contributed by atoms with van der Waals surface area (Å²) in [7, 11) is 0. The van der Waals surface area contributed by atoms with Gasteiger partial charge in [0, 0.05) is 12.3 Å². The van der Waals surface area contributed by atoms with Crippen molar-refractivity contribution in [2.75, 3.05) is 6.61 Å². The number of benzene rings is 1. The van der Waals surface area contributed by atoms with Crippen LogP contribution in [0, 0.1) is 0 Å². The number of carboxylic acid groups (broad SMARTS) is 1. The number of aromatic nitrogens is 1.